The Labute approximate surface area is 189 Å². The van der Waals surface area contributed by atoms with Gasteiger partial charge in [-0.15, -0.1) is 0 Å². The molecule has 0 radical (unpaired) electrons. The Morgan fingerprint density at radius 2 is 1.62 bits per heavy atom. The van der Waals surface area contributed by atoms with Gasteiger partial charge in [-0.1, -0.05) is 41.9 Å². The van der Waals surface area contributed by atoms with Crippen LogP contribution in [0.3, 0.4) is 0 Å². The molecule has 0 aliphatic carbocycles. The normalized spacial score (nSPS) is 10.9. The zero-order chi connectivity index (χ0) is 23.1. The predicted molar refractivity (Wildman–Crippen MR) is 119 cm³/mol. The number of sulfonamides is 1. The van der Waals surface area contributed by atoms with E-state index in [0.29, 0.717) is 6.42 Å². The van der Waals surface area contributed by atoms with Gasteiger partial charge in [-0.3, -0.25) is 25.2 Å². The van der Waals surface area contributed by atoms with Crippen molar-refractivity contribution in [3.63, 3.8) is 0 Å². The van der Waals surface area contributed by atoms with E-state index in [1.54, 1.807) is 30.3 Å². The Morgan fingerprint density at radius 3 is 2.34 bits per heavy atom. The number of amides is 2. The van der Waals surface area contributed by atoms with Crippen LogP contribution in [0.1, 0.15) is 22.3 Å². The molecule has 0 unspecified atom stereocenters. The van der Waals surface area contributed by atoms with Gasteiger partial charge in [-0.2, -0.15) is 0 Å². The number of rotatable bonds is 7. The highest BCUT2D eigenvalue weighted by Crippen LogP contribution is 2.24. The molecule has 0 saturated heterocycles. The predicted octanol–water partition coefficient (Wildman–Crippen LogP) is 3.67. The number of para-hydroxylation sites is 1. The average molecular weight is 476 g/mol. The lowest BCUT2D eigenvalue weighted by Crippen LogP contribution is -2.41. The van der Waals surface area contributed by atoms with Gasteiger partial charge < -0.3 is 0 Å². The number of anilines is 1. The van der Waals surface area contributed by atoms with Crippen molar-refractivity contribution in [2.24, 2.45) is 0 Å². The molecule has 0 spiro atoms. The van der Waals surface area contributed by atoms with Crippen LogP contribution in [0.15, 0.2) is 77.7 Å². The Morgan fingerprint density at radius 1 is 0.906 bits per heavy atom. The SMILES string of the molecule is O=C(CCc1ccc(F)cc1)NNC(=O)c1cccc(S(=O)(=O)Nc2ccccc2Cl)c1. The summed E-state index contributed by atoms with van der Waals surface area (Å²) in [5, 5.41) is 0.230. The molecule has 32 heavy (non-hydrogen) atoms. The van der Waals surface area contributed by atoms with Gasteiger partial charge in [0.05, 0.1) is 15.6 Å². The molecule has 166 valence electrons. The van der Waals surface area contributed by atoms with Crippen molar-refractivity contribution in [3.05, 3.63) is 94.8 Å². The Balaban J connectivity index is 1.59. The monoisotopic (exact) mass is 475 g/mol. The second kappa shape index (κ2) is 10.3. The Kier molecular flexibility index (Phi) is 7.45. The molecule has 3 aromatic carbocycles. The molecular formula is C22H19ClFN3O4S. The van der Waals surface area contributed by atoms with E-state index in [1.165, 1.54) is 42.5 Å². The highest BCUT2D eigenvalue weighted by atomic mass is 35.5. The zero-order valence-corrected chi connectivity index (χ0v) is 18.2. The molecule has 0 aliphatic heterocycles. The molecule has 0 saturated carbocycles. The molecule has 3 N–H and O–H groups in total. The van der Waals surface area contributed by atoms with Crippen molar-refractivity contribution in [2.75, 3.05) is 4.72 Å². The van der Waals surface area contributed by atoms with Crippen LogP contribution < -0.4 is 15.6 Å². The number of halogens is 2. The number of carbonyl (C=O) groups excluding carboxylic acids is 2. The fourth-order valence-corrected chi connectivity index (χ4v) is 4.09. The van der Waals surface area contributed by atoms with Gasteiger partial charge in [0.2, 0.25) is 5.91 Å². The van der Waals surface area contributed by atoms with E-state index in [1.807, 2.05) is 0 Å². The maximum atomic E-state index is 12.9. The molecule has 0 heterocycles. The van der Waals surface area contributed by atoms with Crippen LogP contribution in [-0.4, -0.2) is 20.2 Å². The number of hydrogen-bond acceptors (Lipinski definition) is 4. The third-order valence-electron chi connectivity index (χ3n) is 4.39. The first-order valence-electron chi connectivity index (χ1n) is 9.45. The van der Waals surface area contributed by atoms with Crippen LogP contribution in [0.5, 0.6) is 0 Å². The third kappa shape index (κ3) is 6.29. The fourth-order valence-electron chi connectivity index (χ4n) is 2.72. The lowest BCUT2D eigenvalue weighted by Gasteiger charge is -2.11. The molecule has 7 nitrogen and oxygen atoms in total. The van der Waals surface area contributed by atoms with Gasteiger partial charge >= 0.3 is 0 Å². The zero-order valence-electron chi connectivity index (χ0n) is 16.6. The topological polar surface area (TPSA) is 104 Å². The number of carbonyl (C=O) groups is 2. The van der Waals surface area contributed by atoms with E-state index in [9.17, 15) is 22.4 Å². The Bertz CT molecular complexity index is 1230. The van der Waals surface area contributed by atoms with Gasteiger partial charge in [-0.25, -0.2) is 12.8 Å². The summed E-state index contributed by atoms with van der Waals surface area (Å²) >= 11 is 5.99. The van der Waals surface area contributed by atoms with E-state index >= 15 is 0 Å². The summed E-state index contributed by atoms with van der Waals surface area (Å²) < 4.78 is 40.6. The summed E-state index contributed by atoms with van der Waals surface area (Å²) in [6.45, 7) is 0. The highest BCUT2D eigenvalue weighted by Gasteiger charge is 2.18. The minimum Gasteiger partial charge on any atom is -0.278 e. The molecule has 0 aliphatic rings. The van der Waals surface area contributed by atoms with Crippen LogP contribution in [0.25, 0.3) is 0 Å². The molecular weight excluding hydrogens is 457 g/mol. The van der Waals surface area contributed by atoms with E-state index in [0.717, 1.165) is 5.56 Å². The summed E-state index contributed by atoms with van der Waals surface area (Å²) in [5.74, 6) is -1.50. The molecule has 0 bridgehead atoms. The van der Waals surface area contributed by atoms with Gasteiger partial charge in [0.25, 0.3) is 15.9 Å². The maximum absolute atomic E-state index is 12.9. The first-order chi connectivity index (χ1) is 15.2. The largest absolute Gasteiger partial charge is 0.278 e. The van der Waals surface area contributed by atoms with Gasteiger partial charge in [0.15, 0.2) is 0 Å². The number of hydrazine groups is 1. The summed E-state index contributed by atoms with van der Waals surface area (Å²) in [6.07, 6.45) is 0.436. The number of aryl methyl sites for hydroxylation is 1. The molecule has 2 amide bonds. The second-order valence-electron chi connectivity index (χ2n) is 6.74. The van der Waals surface area contributed by atoms with Crippen molar-refractivity contribution >= 4 is 39.1 Å². The summed E-state index contributed by atoms with van der Waals surface area (Å²) in [4.78, 5) is 24.2. The van der Waals surface area contributed by atoms with Crippen LogP contribution in [0.4, 0.5) is 10.1 Å². The summed E-state index contributed by atoms with van der Waals surface area (Å²) in [5.41, 5.74) is 5.53. The third-order valence-corrected chi connectivity index (χ3v) is 6.09. The van der Waals surface area contributed by atoms with Crippen molar-refractivity contribution in [1.29, 1.82) is 0 Å². The van der Waals surface area contributed by atoms with Crippen molar-refractivity contribution in [2.45, 2.75) is 17.7 Å². The van der Waals surface area contributed by atoms with E-state index in [4.69, 9.17) is 11.6 Å². The molecule has 0 aromatic heterocycles. The first kappa shape index (κ1) is 23.2. The lowest BCUT2D eigenvalue weighted by molar-refractivity contribution is -0.121. The van der Waals surface area contributed by atoms with Crippen molar-refractivity contribution in [3.8, 4) is 0 Å². The standard InChI is InChI=1S/C22H19ClFN3O4S/c23-19-6-1-2-7-20(19)27-32(30,31)18-5-3-4-16(14-18)22(29)26-25-21(28)13-10-15-8-11-17(24)12-9-15/h1-9,11-12,14,27H,10,13H2,(H,25,28)(H,26,29). The van der Waals surface area contributed by atoms with Gasteiger partial charge in [-0.05, 0) is 54.4 Å². The molecule has 0 fully saturated rings. The summed E-state index contributed by atoms with van der Waals surface area (Å²) in [7, 11) is -3.99. The van der Waals surface area contributed by atoms with Crippen LogP contribution in [0.2, 0.25) is 5.02 Å². The van der Waals surface area contributed by atoms with Crippen LogP contribution in [-0.2, 0) is 21.2 Å². The summed E-state index contributed by atoms with van der Waals surface area (Å²) in [6, 6.07) is 17.4. The van der Waals surface area contributed by atoms with E-state index < -0.39 is 21.8 Å². The quantitative estimate of drug-likeness (QED) is 0.453. The molecule has 3 rings (SSSR count). The van der Waals surface area contributed by atoms with E-state index in [-0.39, 0.29) is 33.4 Å². The molecule has 3 aromatic rings. The lowest BCUT2D eigenvalue weighted by atomic mass is 10.1. The Hall–Kier alpha value is -3.43. The van der Waals surface area contributed by atoms with Crippen molar-refractivity contribution in [1.82, 2.24) is 10.9 Å². The average Bonchev–Trinajstić information content (AvgIpc) is 2.78. The van der Waals surface area contributed by atoms with Gasteiger partial charge in [0.1, 0.15) is 5.82 Å². The van der Waals surface area contributed by atoms with Crippen molar-refractivity contribution < 1.29 is 22.4 Å². The number of hydrogen-bond donors (Lipinski definition) is 3. The minimum absolute atomic E-state index is 0.0332. The second-order valence-corrected chi connectivity index (χ2v) is 8.83. The van der Waals surface area contributed by atoms with Crippen LogP contribution in [0, 0.1) is 5.82 Å². The van der Waals surface area contributed by atoms with E-state index in [2.05, 4.69) is 15.6 Å². The first-order valence-corrected chi connectivity index (χ1v) is 11.3. The minimum atomic E-state index is -3.99. The molecule has 0 atom stereocenters. The number of benzene rings is 3. The van der Waals surface area contributed by atoms with Crippen LogP contribution >= 0.6 is 11.6 Å². The molecule has 10 heteroatoms. The smallest absolute Gasteiger partial charge is 0.269 e. The fraction of sp³-hybridized carbons (Fsp3) is 0.0909. The maximum Gasteiger partial charge on any atom is 0.269 e. The number of nitrogens with one attached hydrogen (secondary N) is 3. The highest BCUT2D eigenvalue weighted by molar-refractivity contribution is 7.92. The van der Waals surface area contributed by atoms with Gasteiger partial charge in [0, 0.05) is 12.0 Å².